The lowest BCUT2D eigenvalue weighted by Gasteiger charge is -2.15. The third-order valence-electron chi connectivity index (χ3n) is 2.63. The fourth-order valence-electron chi connectivity index (χ4n) is 1.50. The number of benzene rings is 1. The van der Waals surface area contributed by atoms with Crippen LogP contribution >= 0.6 is 26.6 Å². The minimum absolute atomic E-state index is 0.0845. The average molecular weight is 372 g/mol. The van der Waals surface area contributed by atoms with Crippen LogP contribution in [0.2, 0.25) is 0 Å². The van der Waals surface area contributed by atoms with E-state index in [0.29, 0.717) is 18.8 Å². The van der Waals surface area contributed by atoms with Crippen molar-refractivity contribution in [2.45, 2.75) is 13.3 Å². The van der Waals surface area contributed by atoms with E-state index in [2.05, 4.69) is 15.9 Å². The Hall–Kier alpha value is -0.460. The van der Waals surface area contributed by atoms with Gasteiger partial charge in [-0.3, -0.25) is 0 Å². The lowest BCUT2D eigenvalue weighted by Crippen LogP contribution is -2.19. The molecule has 0 saturated carbocycles. The van der Waals surface area contributed by atoms with Crippen LogP contribution in [0.25, 0.3) is 0 Å². The quantitative estimate of drug-likeness (QED) is 0.689. The minimum atomic E-state index is -3.50. The van der Waals surface area contributed by atoms with Crippen LogP contribution in [0.15, 0.2) is 22.7 Å². The summed E-state index contributed by atoms with van der Waals surface area (Å²) in [6.07, 6.45) is 0.680. The van der Waals surface area contributed by atoms with E-state index in [1.165, 1.54) is 0 Å². The van der Waals surface area contributed by atoms with Crippen LogP contribution in [-0.4, -0.2) is 27.9 Å². The van der Waals surface area contributed by atoms with Gasteiger partial charge in [0.15, 0.2) is 0 Å². The molecule has 0 N–H and O–H groups in total. The Labute approximate surface area is 126 Å². The Balaban J connectivity index is 2.65. The fourth-order valence-corrected chi connectivity index (χ4v) is 3.40. The Morgan fingerprint density at radius 1 is 1.42 bits per heavy atom. The van der Waals surface area contributed by atoms with E-state index in [0.717, 1.165) is 10.2 Å². The molecular formula is C12H16BrClO4S. The standard InChI is InChI=1S/C12H16BrClO4S/c1-3-9(8-19(14,15)16)7-18-12-5-4-10(17-2)6-11(12)13/h4-6,9H,3,7-8H2,1-2H3. The summed E-state index contributed by atoms with van der Waals surface area (Å²) in [7, 11) is 3.33. The first kappa shape index (κ1) is 16.6. The van der Waals surface area contributed by atoms with Crippen LogP contribution in [0.3, 0.4) is 0 Å². The van der Waals surface area contributed by atoms with Gasteiger partial charge in [0.1, 0.15) is 11.5 Å². The first-order valence-electron chi connectivity index (χ1n) is 5.74. The second kappa shape index (κ2) is 7.36. The number of halogens is 2. The number of hydrogen-bond donors (Lipinski definition) is 0. The molecule has 0 aromatic heterocycles. The summed E-state index contributed by atoms with van der Waals surface area (Å²) in [5.41, 5.74) is 0. The molecule has 108 valence electrons. The zero-order chi connectivity index (χ0) is 14.5. The molecule has 0 fully saturated rings. The molecule has 1 unspecified atom stereocenters. The molecule has 0 saturated heterocycles. The zero-order valence-corrected chi connectivity index (χ0v) is 13.9. The molecule has 0 aliphatic rings. The highest BCUT2D eigenvalue weighted by molar-refractivity contribution is 9.10. The molecule has 4 nitrogen and oxygen atoms in total. The van der Waals surface area contributed by atoms with E-state index in [1.54, 1.807) is 25.3 Å². The van der Waals surface area contributed by atoms with Gasteiger partial charge in [-0.25, -0.2) is 8.42 Å². The van der Waals surface area contributed by atoms with Crippen LogP contribution in [-0.2, 0) is 9.05 Å². The van der Waals surface area contributed by atoms with Crippen LogP contribution in [0.5, 0.6) is 11.5 Å². The second-order valence-electron chi connectivity index (χ2n) is 4.09. The third-order valence-corrected chi connectivity index (χ3v) is 4.49. The maximum Gasteiger partial charge on any atom is 0.232 e. The molecule has 0 bridgehead atoms. The number of rotatable bonds is 7. The molecule has 0 heterocycles. The largest absolute Gasteiger partial charge is 0.497 e. The highest BCUT2D eigenvalue weighted by atomic mass is 79.9. The summed E-state index contributed by atoms with van der Waals surface area (Å²) in [5, 5.41) is 0. The SMILES string of the molecule is CCC(COc1ccc(OC)cc1Br)CS(=O)(=O)Cl. The number of methoxy groups -OCH3 is 1. The van der Waals surface area contributed by atoms with Crippen molar-refractivity contribution in [3.05, 3.63) is 22.7 Å². The van der Waals surface area contributed by atoms with Crippen molar-refractivity contribution in [1.82, 2.24) is 0 Å². The van der Waals surface area contributed by atoms with E-state index < -0.39 is 9.05 Å². The number of ether oxygens (including phenoxy) is 2. The van der Waals surface area contributed by atoms with Crippen LogP contribution < -0.4 is 9.47 Å². The van der Waals surface area contributed by atoms with E-state index >= 15 is 0 Å². The van der Waals surface area contributed by atoms with E-state index in [-0.39, 0.29) is 11.7 Å². The van der Waals surface area contributed by atoms with Gasteiger partial charge in [0.25, 0.3) is 0 Å². The molecule has 0 spiro atoms. The summed E-state index contributed by atoms with van der Waals surface area (Å²) in [4.78, 5) is 0. The molecule has 1 aromatic rings. The van der Waals surface area contributed by atoms with Gasteiger partial charge in [-0.2, -0.15) is 0 Å². The number of hydrogen-bond acceptors (Lipinski definition) is 4. The van der Waals surface area contributed by atoms with E-state index in [4.69, 9.17) is 20.2 Å². The minimum Gasteiger partial charge on any atom is -0.497 e. The molecule has 0 aliphatic carbocycles. The summed E-state index contributed by atoms with van der Waals surface area (Å²) in [5.74, 6) is 1.15. The lowest BCUT2D eigenvalue weighted by atomic mass is 10.1. The monoisotopic (exact) mass is 370 g/mol. The van der Waals surface area contributed by atoms with Gasteiger partial charge in [0.05, 0.1) is 23.9 Å². The van der Waals surface area contributed by atoms with Gasteiger partial charge < -0.3 is 9.47 Å². The summed E-state index contributed by atoms with van der Waals surface area (Å²) >= 11 is 3.37. The Morgan fingerprint density at radius 3 is 2.58 bits per heavy atom. The van der Waals surface area contributed by atoms with Crippen molar-refractivity contribution < 1.29 is 17.9 Å². The highest BCUT2D eigenvalue weighted by Crippen LogP contribution is 2.29. The molecule has 1 aromatic carbocycles. The van der Waals surface area contributed by atoms with Gasteiger partial charge in [0, 0.05) is 16.6 Å². The lowest BCUT2D eigenvalue weighted by molar-refractivity contribution is 0.256. The molecule has 0 aliphatic heterocycles. The molecule has 0 amide bonds. The third kappa shape index (κ3) is 6.01. The van der Waals surface area contributed by atoms with Crippen molar-refractivity contribution in [3.8, 4) is 11.5 Å². The maximum absolute atomic E-state index is 11.0. The van der Waals surface area contributed by atoms with Gasteiger partial charge in [-0.15, -0.1) is 0 Å². The van der Waals surface area contributed by atoms with Crippen LogP contribution in [0.1, 0.15) is 13.3 Å². The Bertz CT molecular complexity index is 518. The van der Waals surface area contributed by atoms with Gasteiger partial charge >= 0.3 is 0 Å². The smallest absolute Gasteiger partial charge is 0.232 e. The van der Waals surface area contributed by atoms with E-state index in [9.17, 15) is 8.42 Å². The zero-order valence-electron chi connectivity index (χ0n) is 10.7. The molecule has 1 atom stereocenters. The first-order valence-corrected chi connectivity index (χ1v) is 9.01. The Kier molecular flexibility index (Phi) is 6.42. The molecular weight excluding hydrogens is 356 g/mol. The predicted molar refractivity (Wildman–Crippen MR) is 79.6 cm³/mol. The normalized spacial score (nSPS) is 13.1. The summed E-state index contributed by atoms with van der Waals surface area (Å²) < 4.78 is 33.5. The average Bonchev–Trinajstić information content (AvgIpc) is 2.34. The van der Waals surface area contributed by atoms with Gasteiger partial charge in [0.2, 0.25) is 9.05 Å². The topological polar surface area (TPSA) is 52.6 Å². The first-order chi connectivity index (χ1) is 8.85. The van der Waals surface area contributed by atoms with Crippen molar-refractivity contribution in [2.24, 2.45) is 5.92 Å². The van der Waals surface area contributed by atoms with Gasteiger partial charge in [-0.05, 0) is 40.5 Å². The molecule has 0 radical (unpaired) electrons. The van der Waals surface area contributed by atoms with E-state index in [1.807, 2.05) is 6.92 Å². The van der Waals surface area contributed by atoms with Crippen LogP contribution in [0, 0.1) is 5.92 Å². The van der Waals surface area contributed by atoms with Gasteiger partial charge in [-0.1, -0.05) is 6.92 Å². The van der Waals surface area contributed by atoms with Crippen molar-refractivity contribution in [1.29, 1.82) is 0 Å². The molecule has 7 heteroatoms. The second-order valence-corrected chi connectivity index (χ2v) is 7.76. The predicted octanol–water partition coefficient (Wildman–Crippen LogP) is 3.43. The Morgan fingerprint density at radius 2 is 2.11 bits per heavy atom. The van der Waals surface area contributed by atoms with Crippen molar-refractivity contribution in [2.75, 3.05) is 19.5 Å². The van der Waals surface area contributed by atoms with Crippen LogP contribution in [0.4, 0.5) is 0 Å². The highest BCUT2D eigenvalue weighted by Gasteiger charge is 2.16. The van der Waals surface area contributed by atoms with Crippen molar-refractivity contribution in [3.63, 3.8) is 0 Å². The summed E-state index contributed by atoms with van der Waals surface area (Å²) in [6.45, 7) is 2.20. The fraction of sp³-hybridized carbons (Fsp3) is 0.500. The van der Waals surface area contributed by atoms with Crippen molar-refractivity contribution >= 4 is 35.7 Å². The summed E-state index contributed by atoms with van der Waals surface area (Å²) in [6, 6.07) is 5.33. The maximum atomic E-state index is 11.0. The molecule has 1 rings (SSSR count). The molecule has 19 heavy (non-hydrogen) atoms.